The van der Waals surface area contributed by atoms with Gasteiger partial charge in [0.25, 0.3) is 5.91 Å². The number of hydrogen-bond acceptors (Lipinski definition) is 2. The zero-order valence-electron chi connectivity index (χ0n) is 9.29. The van der Waals surface area contributed by atoms with Crippen molar-refractivity contribution in [2.75, 3.05) is 13.6 Å². The minimum absolute atomic E-state index is 0.133. The molecule has 0 aliphatic carbocycles. The summed E-state index contributed by atoms with van der Waals surface area (Å²) in [5.41, 5.74) is 1.15. The number of hydrogen-bond donors (Lipinski definition) is 0. The van der Waals surface area contributed by atoms with Gasteiger partial charge in [-0.15, -0.1) is 11.3 Å². The monoisotopic (exact) mass is 289 g/mol. The molecule has 0 saturated heterocycles. The first-order valence-corrected chi connectivity index (χ1v) is 6.81. The summed E-state index contributed by atoms with van der Waals surface area (Å²) >= 11 is 4.98. The van der Waals surface area contributed by atoms with E-state index in [0.717, 1.165) is 23.4 Å². The van der Waals surface area contributed by atoms with Gasteiger partial charge >= 0.3 is 0 Å². The molecule has 1 atom stereocenters. The van der Waals surface area contributed by atoms with Gasteiger partial charge in [0.1, 0.15) is 0 Å². The highest BCUT2D eigenvalue weighted by atomic mass is 79.9. The largest absolute Gasteiger partial charge is 0.340 e. The van der Waals surface area contributed by atoms with Crippen LogP contribution in [0.4, 0.5) is 0 Å². The van der Waals surface area contributed by atoms with Crippen molar-refractivity contribution < 1.29 is 4.79 Å². The Balaban J connectivity index is 2.76. The van der Waals surface area contributed by atoms with Gasteiger partial charge in [-0.1, -0.05) is 29.8 Å². The van der Waals surface area contributed by atoms with Crippen molar-refractivity contribution in [3.8, 4) is 0 Å². The van der Waals surface area contributed by atoms with E-state index in [4.69, 9.17) is 0 Å². The fraction of sp³-hybridized carbons (Fsp3) is 0.545. The maximum Gasteiger partial charge on any atom is 0.263 e. The first-order valence-electron chi connectivity index (χ1n) is 5.02. The van der Waals surface area contributed by atoms with Crippen LogP contribution in [-0.4, -0.2) is 29.2 Å². The number of carbonyl (C=O) groups is 1. The second kappa shape index (κ2) is 5.66. The highest BCUT2D eigenvalue weighted by molar-refractivity contribution is 9.09. The predicted octanol–water partition coefficient (Wildman–Crippen LogP) is 3.17. The third-order valence-electron chi connectivity index (χ3n) is 2.19. The predicted molar refractivity (Wildman–Crippen MR) is 69.0 cm³/mol. The van der Waals surface area contributed by atoms with Gasteiger partial charge in [-0.05, 0) is 23.4 Å². The van der Waals surface area contributed by atoms with Gasteiger partial charge in [-0.25, -0.2) is 0 Å². The van der Waals surface area contributed by atoms with E-state index < -0.39 is 0 Å². The summed E-state index contributed by atoms with van der Waals surface area (Å²) < 4.78 is 0. The molecule has 0 saturated carbocycles. The Morgan fingerprint density at radius 3 is 2.87 bits per heavy atom. The molecule has 1 rings (SSSR count). The number of amides is 1. The molecule has 1 heterocycles. The van der Waals surface area contributed by atoms with Crippen LogP contribution in [0.25, 0.3) is 0 Å². The molecule has 1 amide bonds. The Morgan fingerprint density at radius 2 is 2.33 bits per heavy atom. The Morgan fingerprint density at radius 1 is 1.67 bits per heavy atom. The Bertz CT molecular complexity index is 335. The maximum absolute atomic E-state index is 12.0. The summed E-state index contributed by atoms with van der Waals surface area (Å²) in [5, 5.41) is 1.98. The van der Waals surface area contributed by atoms with Crippen LogP contribution in [0, 0.1) is 0 Å². The third kappa shape index (κ3) is 3.31. The van der Waals surface area contributed by atoms with Crippen LogP contribution in [0.5, 0.6) is 0 Å². The molecular weight excluding hydrogens is 274 g/mol. The Labute approximate surface area is 103 Å². The number of rotatable bonds is 4. The number of alkyl halides is 1. The highest BCUT2D eigenvalue weighted by Gasteiger charge is 2.17. The lowest BCUT2D eigenvalue weighted by atomic mass is 10.2. The molecule has 0 bridgehead atoms. The fourth-order valence-corrected chi connectivity index (χ4v) is 2.86. The molecule has 1 unspecified atom stereocenters. The summed E-state index contributed by atoms with van der Waals surface area (Å²) in [6.45, 7) is 4.85. The molecule has 1 aromatic rings. The molecule has 0 fully saturated rings. The van der Waals surface area contributed by atoms with E-state index >= 15 is 0 Å². The average molecular weight is 290 g/mol. The smallest absolute Gasteiger partial charge is 0.263 e. The summed E-state index contributed by atoms with van der Waals surface area (Å²) in [4.78, 5) is 15.0. The first kappa shape index (κ1) is 12.7. The van der Waals surface area contributed by atoms with Crippen molar-refractivity contribution in [2.45, 2.75) is 25.1 Å². The number of carbonyl (C=O) groups excluding carboxylic acids is 1. The summed E-state index contributed by atoms with van der Waals surface area (Å²) in [7, 11) is 1.85. The van der Waals surface area contributed by atoms with E-state index in [9.17, 15) is 4.79 Å². The minimum Gasteiger partial charge on any atom is -0.340 e. The molecule has 15 heavy (non-hydrogen) atoms. The van der Waals surface area contributed by atoms with E-state index in [0.29, 0.717) is 4.83 Å². The number of thiophene rings is 1. The van der Waals surface area contributed by atoms with Crippen molar-refractivity contribution in [3.63, 3.8) is 0 Å². The Hall–Kier alpha value is -0.350. The van der Waals surface area contributed by atoms with E-state index in [2.05, 4.69) is 22.9 Å². The summed E-state index contributed by atoms with van der Waals surface area (Å²) in [5.74, 6) is 0.133. The number of halogens is 1. The third-order valence-corrected chi connectivity index (χ3v) is 3.43. The lowest BCUT2D eigenvalue weighted by molar-refractivity contribution is 0.0801. The van der Waals surface area contributed by atoms with Crippen LogP contribution in [0.1, 0.15) is 29.1 Å². The topological polar surface area (TPSA) is 20.3 Å². The van der Waals surface area contributed by atoms with Crippen LogP contribution >= 0.6 is 27.3 Å². The molecule has 0 radical (unpaired) electrons. The SMILES string of the molecule is CCc1ccsc1C(=O)N(C)CC(C)Br. The lowest BCUT2D eigenvalue weighted by Crippen LogP contribution is -2.31. The van der Waals surface area contributed by atoms with E-state index in [1.165, 1.54) is 11.3 Å². The zero-order chi connectivity index (χ0) is 11.4. The molecule has 84 valence electrons. The van der Waals surface area contributed by atoms with Gasteiger partial charge in [-0.3, -0.25) is 4.79 Å². The normalized spacial score (nSPS) is 12.5. The van der Waals surface area contributed by atoms with E-state index in [-0.39, 0.29) is 5.91 Å². The van der Waals surface area contributed by atoms with Crippen LogP contribution in [0.3, 0.4) is 0 Å². The Kier molecular flexibility index (Phi) is 4.80. The molecule has 2 nitrogen and oxygen atoms in total. The fourth-order valence-electron chi connectivity index (χ4n) is 1.44. The van der Waals surface area contributed by atoms with Crippen LogP contribution < -0.4 is 0 Å². The van der Waals surface area contributed by atoms with Gasteiger partial charge in [0.05, 0.1) is 4.88 Å². The quantitative estimate of drug-likeness (QED) is 0.780. The van der Waals surface area contributed by atoms with Crippen molar-refractivity contribution in [3.05, 3.63) is 21.9 Å². The molecule has 1 aromatic heterocycles. The van der Waals surface area contributed by atoms with Crippen molar-refractivity contribution in [2.24, 2.45) is 0 Å². The molecule has 0 aliphatic heterocycles. The van der Waals surface area contributed by atoms with Crippen molar-refractivity contribution in [1.82, 2.24) is 4.90 Å². The number of nitrogens with zero attached hydrogens (tertiary/aromatic N) is 1. The highest BCUT2D eigenvalue weighted by Crippen LogP contribution is 2.19. The van der Waals surface area contributed by atoms with Crippen LogP contribution in [-0.2, 0) is 6.42 Å². The van der Waals surface area contributed by atoms with Crippen molar-refractivity contribution >= 4 is 33.2 Å². The second-order valence-electron chi connectivity index (χ2n) is 3.59. The van der Waals surface area contributed by atoms with Crippen LogP contribution in [0.15, 0.2) is 11.4 Å². The molecule has 0 aromatic carbocycles. The number of aryl methyl sites for hydroxylation is 1. The van der Waals surface area contributed by atoms with Gasteiger partial charge in [0.2, 0.25) is 0 Å². The summed E-state index contributed by atoms with van der Waals surface area (Å²) in [6.07, 6.45) is 0.919. The summed E-state index contributed by atoms with van der Waals surface area (Å²) in [6, 6.07) is 2.03. The molecule has 4 heteroatoms. The van der Waals surface area contributed by atoms with Gasteiger partial charge in [-0.2, -0.15) is 0 Å². The maximum atomic E-state index is 12.0. The average Bonchev–Trinajstić information content (AvgIpc) is 2.62. The lowest BCUT2D eigenvalue weighted by Gasteiger charge is -2.18. The van der Waals surface area contributed by atoms with Gasteiger partial charge < -0.3 is 4.90 Å². The first-order chi connectivity index (χ1) is 7.06. The molecule has 0 spiro atoms. The molecule has 0 N–H and O–H groups in total. The molecular formula is C11H16BrNOS. The van der Waals surface area contributed by atoms with Crippen molar-refractivity contribution in [1.29, 1.82) is 0 Å². The standard InChI is InChI=1S/C11H16BrNOS/c1-4-9-5-6-15-10(9)11(14)13(3)7-8(2)12/h5-6,8H,4,7H2,1-3H3. The second-order valence-corrected chi connectivity index (χ2v) is 6.07. The van der Waals surface area contributed by atoms with E-state index in [1.54, 1.807) is 4.90 Å². The van der Waals surface area contributed by atoms with Gasteiger partial charge in [0.15, 0.2) is 0 Å². The molecule has 0 aliphatic rings. The zero-order valence-corrected chi connectivity index (χ0v) is 11.7. The van der Waals surface area contributed by atoms with E-state index in [1.807, 2.05) is 25.4 Å². The minimum atomic E-state index is 0.133. The van der Waals surface area contributed by atoms with Crippen LogP contribution in [0.2, 0.25) is 0 Å². The van der Waals surface area contributed by atoms with Gasteiger partial charge in [0, 0.05) is 18.4 Å².